The van der Waals surface area contributed by atoms with Crippen LogP contribution in [0.15, 0.2) is 36.5 Å². The van der Waals surface area contributed by atoms with E-state index >= 15 is 0 Å². The molecule has 0 aliphatic carbocycles. The van der Waals surface area contributed by atoms with Crippen LogP contribution in [-0.2, 0) is 32.7 Å². The Hall–Kier alpha value is -1.77. The van der Waals surface area contributed by atoms with Crippen molar-refractivity contribution in [3.05, 3.63) is 36.5 Å². The van der Waals surface area contributed by atoms with Crippen LogP contribution in [0.1, 0.15) is 367 Å². The summed E-state index contributed by atoms with van der Waals surface area (Å²) in [4.78, 5) is 35.3. The van der Waals surface area contributed by atoms with Gasteiger partial charge < -0.3 is 20.1 Å². The Balaban J connectivity index is 3.73. The third-order valence-electron chi connectivity index (χ3n) is 15.8. The molecule has 3 N–H and O–H groups in total. The monoisotopic (exact) mass is 1150 g/mol. The van der Waals surface area contributed by atoms with Gasteiger partial charge in [-0.25, -0.2) is 4.57 Å². The maximum atomic E-state index is 12.7. The zero-order valence-corrected chi connectivity index (χ0v) is 54.0. The van der Waals surface area contributed by atoms with Gasteiger partial charge in [0.25, 0.3) is 0 Å². The molecule has 0 saturated heterocycles. The summed E-state index contributed by atoms with van der Waals surface area (Å²) >= 11 is 0. The summed E-state index contributed by atoms with van der Waals surface area (Å²) in [6.45, 7) is 3.76. The van der Waals surface area contributed by atoms with E-state index in [-0.39, 0.29) is 38.6 Å². The van der Waals surface area contributed by atoms with Crippen molar-refractivity contribution in [2.24, 2.45) is 5.73 Å². The zero-order valence-electron chi connectivity index (χ0n) is 53.1. The summed E-state index contributed by atoms with van der Waals surface area (Å²) < 4.78 is 33.1. The predicted molar refractivity (Wildman–Crippen MR) is 344 cm³/mol. The molecule has 0 heterocycles. The summed E-state index contributed by atoms with van der Waals surface area (Å²) in [5.41, 5.74) is 5.39. The van der Waals surface area contributed by atoms with Crippen molar-refractivity contribution < 1.29 is 37.6 Å². The van der Waals surface area contributed by atoms with E-state index in [4.69, 9.17) is 24.3 Å². The Morgan fingerprint density at radius 2 is 0.650 bits per heavy atom. The Kier molecular flexibility index (Phi) is 64.9. The lowest BCUT2D eigenvalue weighted by Gasteiger charge is -2.19. The maximum absolute atomic E-state index is 12.7. The molecule has 0 aromatic rings. The van der Waals surface area contributed by atoms with Crippen molar-refractivity contribution in [2.75, 3.05) is 26.4 Å². The van der Waals surface area contributed by atoms with Crippen LogP contribution in [0.25, 0.3) is 0 Å². The van der Waals surface area contributed by atoms with Crippen molar-refractivity contribution in [1.29, 1.82) is 0 Å². The first-order chi connectivity index (χ1) is 39.3. The van der Waals surface area contributed by atoms with Gasteiger partial charge in [0.1, 0.15) is 6.61 Å². The molecule has 0 aromatic carbocycles. The lowest BCUT2D eigenvalue weighted by molar-refractivity contribution is -0.161. The first kappa shape index (κ1) is 78.2. The number of unbranched alkanes of at least 4 members (excludes halogenated alkanes) is 48. The molecule has 0 aliphatic rings. The smallest absolute Gasteiger partial charge is 0.462 e. The minimum atomic E-state index is -4.39. The van der Waals surface area contributed by atoms with Gasteiger partial charge in [-0.3, -0.25) is 18.6 Å². The minimum absolute atomic E-state index is 0.0520. The van der Waals surface area contributed by atoms with Gasteiger partial charge >= 0.3 is 19.8 Å². The summed E-state index contributed by atoms with van der Waals surface area (Å²) in [5.74, 6) is -0.826. The quantitative estimate of drug-likeness (QED) is 0.0264. The standard InChI is InChI=1S/C70H134NO8P/c1-3-5-7-9-11-13-15-17-19-21-23-24-25-26-27-28-29-30-31-32-33-34-35-36-37-38-39-40-41-42-43-45-46-48-50-52-54-56-58-60-62-69(72)76-66-68(67-78-80(74,75)77-65-64-71)79-70(73)63-61-59-57-55-53-51-49-47-44-22-20-18-16-14-12-10-8-6-4-2/h12,14,18,20,44,47,68H,3-11,13,15-17,19,21-43,45-46,48-67,71H2,1-2H3,(H,74,75)/b14-12-,20-18-,47-44-. The molecule has 2 unspecified atom stereocenters. The largest absolute Gasteiger partial charge is 0.472 e. The van der Waals surface area contributed by atoms with Crippen molar-refractivity contribution in [2.45, 2.75) is 373 Å². The molecule has 472 valence electrons. The molecule has 0 bridgehead atoms. The van der Waals surface area contributed by atoms with Gasteiger partial charge in [0.05, 0.1) is 13.2 Å². The number of nitrogens with two attached hydrogens (primary N) is 1. The zero-order chi connectivity index (χ0) is 58.0. The lowest BCUT2D eigenvalue weighted by atomic mass is 10.0. The molecule has 0 amide bonds. The molecule has 0 aromatic heterocycles. The number of allylic oxidation sites excluding steroid dienone is 6. The number of phosphoric ester groups is 1. The number of esters is 2. The van der Waals surface area contributed by atoms with E-state index in [1.807, 2.05) is 0 Å². The van der Waals surface area contributed by atoms with Crippen LogP contribution >= 0.6 is 7.82 Å². The van der Waals surface area contributed by atoms with Crippen molar-refractivity contribution in [3.8, 4) is 0 Å². The highest BCUT2D eigenvalue weighted by Gasteiger charge is 2.26. The van der Waals surface area contributed by atoms with Gasteiger partial charge in [0.2, 0.25) is 0 Å². The van der Waals surface area contributed by atoms with Gasteiger partial charge in [-0.2, -0.15) is 0 Å². The van der Waals surface area contributed by atoms with Crippen LogP contribution in [-0.4, -0.2) is 49.3 Å². The number of hydrogen-bond acceptors (Lipinski definition) is 8. The van der Waals surface area contributed by atoms with Crippen LogP contribution in [0.4, 0.5) is 0 Å². The molecule has 0 spiro atoms. The molecular weight excluding hydrogens is 1010 g/mol. The van der Waals surface area contributed by atoms with E-state index in [1.54, 1.807) is 0 Å². The van der Waals surface area contributed by atoms with Gasteiger partial charge in [0, 0.05) is 19.4 Å². The molecular formula is C70H134NO8P. The van der Waals surface area contributed by atoms with Crippen LogP contribution in [0.2, 0.25) is 0 Å². The summed E-state index contributed by atoms with van der Waals surface area (Å²) in [6.07, 6.45) is 82.7. The third-order valence-corrected chi connectivity index (χ3v) is 16.8. The van der Waals surface area contributed by atoms with E-state index in [0.717, 1.165) is 70.6 Å². The molecule has 2 atom stereocenters. The predicted octanol–water partition coefficient (Wildman–Crippen LogP) is 22.7. The highest BCUT2D eigenvalue weighted by atomic mass is 31.2. The highest BCUT2D eigenvalue weighted by molar-refractivity contribution is 7.47. The minimum Gasteiger partial charge on any atom is -0.462 e. The maximum Gasteiger partial charge on any atom is 0.472 e. The van der Waals surface area contributed by atoms with E-state index in [9.17, 15) is 19.0 Å². The summed E-state index contributed by atoms with van der Waals surface area (Å²) in [7, 11) is -4.39. The van der Waals surface area contributed by atoms with Gasteiger partial charge in [-0.15, -0.1) is 0 Å². The van der Waals surface area contributed by atoms with Crippen LogP contribution in [0, 0.1) is 0 Å². The second-order valence-corrected chi connectivity index (χ2v) is 25.2. The average molecular weight is 1150 g/mol. The summed E-state index contributed by atoms with van der Waals surface area (Å²) in [6, 6.07) is 0. The normalized spacial score (nSPS) is 13.1. The van der Waals surface area contributed by atoms with Crippen molar-refractivity contribution in [1.82, 2.24) is 0 Å². The molecule has 10 heteroatoms. The van der Waals surface area contributed by atoms with Crippen LogP contribution in [0.3, 0.4) is 0 Å². The molecule has 9 nitrogen and oxygen atoms in total. The van der Waals surface area contributed by atoms with Gasteiger partial charge in [-0.05, 0) is 51.4 Å². The van der Waals surface area contributed by atoms with Crippen molar-refractivity contribution in [3.63, 3.8) is 0 Å². The molecule has 0 aliphatic heterocycles. The first-order valence-corrected chi connectivity index (χ1v) is 36.5. The van der Waals surface area contributed by atoms with Crippen molar-refractivity contribution >= 4 is 19.8 Å². The van der Waals surface area contributed by atoms with E-state index < -0.39 is 26.5 Å². The number of rotatable bonds is 67. The molecule has 0 rings (SSSR count). The average Bonchev–Trinajstić information content (AvgIpc) is 3.45. The number of phosphoric acid groups is 1. The van der Waals surface area contributed by atoms with Gasteiger partial charge in [-0.1, -0.05) is 339 Å². The Morgan fingerprint density at radius 3 is 0.988 bits per heavy atom. The first-order valence-electron chi connectivity index (χ1n) is 35.0. The fourth-order valence-electron chi connectivity index (χ4n) is 10.6. The lowest BCUT2D eigenvalue weighted by Crippen LogP contribution is -2.29. The molecule has 0 fully saturated rings. The second-order valence-electron chi connectivity index (χ2n) is 23.8. The Morgan fingerprint density at radius 1 is 0.375 bits per heavy atom. The molecule has 80 heavy (non-hydrogen) atoms. The number of carbonyl (C=O) groups excluding carboxylic acids is 2. The SMILES string of the molecule is CCCCC/C=C\C/C=C\C/C=C\CCCCCCCCC(=O)OC(COC(=O)CCCCCCCCCCCCCCCCCCCCCCCCCCCCCCCCCCCCCCCCCC)COP(=O)(O)OCCN. The molecule has 0 radical (unpaired) electrons. The summed E-state index contributed by atoms with van der Waals surface area (Å²) in [5, 5.41) is 0. The van der Waals surface area contributed by atoms with E-state index in [2.05, 4.69) is 50.3 Å². The van der Waals surface area contributed by atoms with Crippen LogP contribution < -0.4 is 5.73 Å². The Bertz CT molecular complexity index is 1400. The fourth-order valence-corrected chi connectivity index (χ4v) is 11.4. The highest BCUT2D eigenvalue weighted by Crippen LogP contribution is 2.43. The van der Waals surface area contributed by atoms with E-state index in [0.29, 0.717) is 6.42 Å². The fraction of sp³-hybridized carbons (Fsp3) is 0.886. The van der Waals surface area contributed by atoms with Crippen LogP contribution in [0.5, 0.6) is 0 Å². The number of hydrogen-bond donors (Lipinski definition) is 2. The number of ether oxygens (including phenoxy) is 2. The third kappa shape index (κ3) is 65.4. The number of carbonyl (C=O) groups is 2. The van der Waals surface area contributed by atoms with Gasteiger partial charge in [0.15, 0.2) is 6.10 Å². The topological polar surface area (TPSA) is 134 Å². The Labute approximate surface area is 496 Å². The second kappa shape index (κ2) is 66.4. The molecule has 0 saturated carbocycles. The van der Waals surface area contributed by atoms with E-state index in [1.165, 1.54) is 263 Å².